The van der Waals surface area contributed by atoms with Crippen molar-refractivity contribution in [2.45, 2.75) is 19.7 Å². The smallest absolute Gasteiger partial charge is 0.416 e. The zero-order valence-electron chi connectivity index (χ0n) is 14.7. The number of rotatable bonds is 5. The molecule has 0 bridgehead atoms. The molecule has 0 spiro atoms. The predicted molar refractivity (Wildman–Crippen MR) is 92.7 cm³/mol. The molecule has 2 aromatic carbocycles. The van der Waals surface area contributed by atoms with Crippen LogP contribution in [0, 0.1) is 0 Å². The number of esters is 2. The molecule has 5 nitrogen and oxygen atoms in total. The molecule has 0 fully saturated rings. The van der Waals surface area contributed by atoms with Gasteiger partial charge in [-0.2, -0.15) is 13.2 Å². The summed E-state index contributed by atoms with van der Waals surface area (Å²) >= 11 is 0. The van der Waals surface area contributed by atoms with Gasteiger partial charge in [-0.05, 0) is 37.3 Å². The van der Waals surface area contributed by atoms with E-state index in [1.165, 1.54) is 0 Å². The van der Waals surface area contributed by atoms with Gasteiger partial charge in [-0.25, -0.2) is 9.59 Å². The van der Waals surface area contributed by atoms with Gasteiger partial charge in [0.2, 0.25) is 5.76 Å². The molecule has 0 atom stereocenters. The molecular weight excluding hydrogens is 377 g/mol. The molecular formula is C20H15F3O5. The molecule has 1 aromatic heterocycles. The van der Waals surface area contributed by atoms with Crippen molar-refractivity contribution in [3.63, 3.8) is 0 Å². The molecule has 28 heavy (non-hydrogen) atoms. The molecule has 0 aliphatic carbocycles. The highest BCUT2D eigenvalue weighted by atomic mass is 19.4. The second-order valence-corrected chi connectivity index (χ2v) is 5.78. The molecule has 0 N–H and O–H groups in total. The average Bonchev–Trinajstić information content (AvgIpc) is 3.04. The fourth-order valence-electron chi connectivity index (χ4n) is 2.62. The fourth-order valence-corrected chi connectivity index (χ4v) is 2.62. The van der Waals surface area contributed by atoms with Gasteiger partial charge in [-0.3, -0.25) is 0 Å². The van der Waals surface area contributed by atoms with E-state index in [1.54, 1.807) is 31.2 Å². The lowest BCUT2D eigenvalue weighted by atomic mass is 10.1. The standard InChI is InChI=1S/C20H15F3O5/c1-2-26-19(25)17-15(14-5-3-4-6-16(14)28-17)11-27-18(24)12-7-9-13(10-8-12)20(21,22)23/h3-10H,2,11H2,1H3. The van der Waals surface area contributed by atoms with Crippen molar-refractivity contribution in [1.29, 1.82) is 0 Å². The Hall–Kier alpha value is -3.29. The van der Waals surface area contributed by atoms with Gasteiger partial charge in [0.15, 0.2) is 0 Å². The summed E-state index contributed by atoms with van der Waals surface area (Å²) in [5, 5.41) is 0.575. The number of hydrogen-bond acceptors (Lipinski definition) is 5. The fraction of sp³-hybridized carbons (Fsp3) is 0.200. The average molecular weight is 392 g/mol. The summed E-state index contributed by atoms with van der Waals surface area (Å²) in [6.45, 7) is 1.48. The zero-order chi connectivity index (χ0) is 20.3. The van der Waals surface area contributed by atoms with Gasteiger partial charge in [-0.1, -0.05) is 18.2 Å². The van der Waals surface area contributed by atoms with Gasteiger partial charge in [0.1, 0.15) is 12.2 Å². The van der Waals surface area contributed by atoms with E-state index in [9.17, 15) is 22.8 Å². The van der Waals surface area contributed by atoms with E-state index in [1.807, 2.05) is 0 Å². The number of para-hydroxylation sites is 1. The topological polar surface area (TPSA) is 65.7 Å². The van der Waals surface area contributed by atoms with Crippen LogP contribution in [-0.4, -0.2) is 18.5 Å². The minimum Gasteiger partial charge on any atom is -0.460 e. The second-order valence-electron chi connectivity index (χ2n) is 5.78. The Labute approximate surface area is 157 Å². The number of carbonyl (C=O) groups excluding carboxylic acids is 2. The Balaban J connectivity index is 1.82. The number of carbonyl (C=O) groups is 2. The molecule has 0 saturated heterocycles. The molecule has 3 rings (SSSR count). The molecule has 146 valence electrons. The van der Waals surface area contributed by atoms with E-state index in [0.717, 1.165) is 24.3 Å². The molecule has 0 aliphatic rings. The van der Waals surface area contributed by atoms with Crippen molar-refractivity contribution in [3.8, 4) is 0 Å². The molecule has 0 unspecified atom stereocenters. The molecule has 0 aliphatic heterocycles. The van der Waals surface area contributed by atoms with Gasteiger partial charge in [0, 0.05) is 5.39 Å². The summed E-state index contributed by atoms with van der Waals surface area (Å²) in [5.41, 5.74) is -0.159. The Morgan fingerprint density at radius 3 is 2.29 bits per heavy atom. The monoisotopic (exact) mass is 392 g/mol. The number of hydrogen-bond donors (Lipinski definition) is 0. The highest BCUT2D eigenvalue weighted by Crippen LogP contribution is 2.30. The molecule has 0 amide bonds. The van der Waals surface area contributed by atoms with E-state index in [-0.39, 0.29) is 24.5 Å². The Kier molecular flexibility index (Phi) is 5.39. The largest absolute Gasteiger partial charge is 0.460 e. The second kappa shape index (κ2) is 7.75. The van der Waals surface area contributed by atoms with Crippen LogP contribution in [0.15, 0.2) is 52.9 Å². The maximum atomic E-state index is 12.6. The summed E-state index contributed by atoms with van der Waals surface area (Å²) in [7, 11) is 0. The maximum Gasteiger partial charge on any atom is 0.416 e. The van der Waals surface area contributed by atoms with Crippen LogP contribution in [0.1, 0.15) is 39.0 Å². The van der Waals surface area contributed by atoms with Crippen LogP contribution in [0.3, 0.4) is 0 Å². The van der Waals surface area contributed by atoms with Crippen molar-refractivity contribution >= 4 is 22.9 Å². The molecule has 3 aromatic rings. The van der Waals surface area contributed by atoms with Crippen LogP contribution in [0.25, 0.3) is 11.0 Å². The van der Waals surface area contributed by atoms with Crippen LogP contribution < -0.4 is 0 Å². The summed E-state index contributed by atoms with van der Waals surface area (Å²) in [4.78, 5) is 24.3. The SMILES string of the molecule is CCOC(=O)c1oc2ccccc2c1COC(=O)c1ccc(C(F)(F)F)cc1. The highest BCUT2D eigenvalue weighted by Gasteiger charge is 2.30. The summed E-state index contributed by atoms with van der Waals surface area (Å²) in [6, 6.07) is 10.5. The number of fused-ring (bicyclic) bond motifs is 1. The lowest BCUT2D eigenvalue weighted by Gasteiger charge is -2.08. The van der Waals surface area contributed by atoms with E-state index < -0.39 is 23.7 Å². The van der Waals surface area contributed by atoms with Gasteiger partial charge >= 0.3 is 18.1 Å². The molecule has 1 heterocycles. The maximum absolute atomic E-state index is 12.6. The molecule has 0 saturated carbocycles. The first-order chi connectivity index (χ1) is 13.3. The van der Waals surface area contributed by atoms with Crippen LogP contribution in [-0.2, 0) is 22.3 Å². The zero-order valence-corrected chi connectivity index (χ0v) is 14.7. The van der Waals surface area contributed by atoms with Crippen molar-refractivity contribution in [1.82, 2.24) is 0 Å². The summed E-state index contributed by atoms with van der Waals surface area (Å²) in [6.07, 6.45) is -4.49. The van der Waals surface area contributed by atoms with Gasteiger partial charge < -0.3 is 13.9 Å². The number of halogens is 3. The van der Waals surface area contributed by atoms with Crippen molar-refractivity contribution in [3.05, 3.63) is 71.0 Å². The minimum absolute atomic E-state index is 0.0431. The van der Waals surface area contributed by atoms with Crippen LogP contribution in [0.5, 0.6) is 0 Å². The molecule has 0 radical (unpaired) electrons. The van der Waals surface area contributed by atoms with Gasteiger partial charge in [0.25, 0.3) is 0 Å². The Bertz CT molecular complexity index is 1000. The molecule has 8 heteroatoms. The first-order valence-corrected chi connectivity index (χ1v) is 8.33. The van der Waals surface area contributed by atoms with Crippen molar-refractivity contribution in [2.24, 2.45) is 0 Å². The number of ether oxygens (including phenoxy) is 2. The van der Waals surface area contributed by atoms with Gasteiger partial charge in [-0.15, -0.1) is 0 Å². The normalized spacial score (nSPS) is 11.4. The minimum atomic E-state index is -4.49. The third-order valence-electron chi connectivity index (χ3n) is 3.95. The third-order valence-corrected chi connectivity index (χ3v) is 3.95. The van der Waals surface area contributed by atoms with E-state index in [4.69, 9.17) is 13.9 Å². The number of benzene rings is 2. The predicted octanol–water partition coefficient (Wildman–Crippen LogP) is 4.99. The van der Waals surface area contributed by atoms with Crippen LogP contribution in [0.2, 0.25) is 0 Å². The van der Waals surface area contributed by atoms with Crippen LogP contribution in [0.4, 0.5) is 13.2 Å². The Morgan fingerprint density at radius 2 is 1.64 bits per heavy atom. The lowest BCUT2D eigenvalue weighted by Crippen LogP contribution is -2.10. The van der Waals surface area contributed by atoms with E-state index >= 15 is 0 Å². The number of alkyl halides is 3. The summed E-state index contributed by atoms with van der Waals surface area (Å²) in [5.74, 6) is -1.60. The Morgan fingerprint density at radius 1 is 0.964 bits per heavy atom. The summed E-state index contributed by atoms with van der Waals surface area (Å²) < 4.78 is 53.5. The first kappa shape index (κ1) is 19.5. The van der Waals surface area contributed by atoms with E-state index in [2.05, 4.69) is 0 Å². The lowest BCUT2D eigenvalue weighted by molar-refractivity contribution is -0.137. The van der Waals surface area contributed by atoms with Gasteiger partial charge in [0.05, 0.1) is 23.3 Å². The van der Waals surface area contributed by atoms with E-state index in [0.29, 0.717) is 16.5 Å². The van der Waals surface area contributed by atoms with Crippen molar-refractivity contribution < 1.29 is 36.7 Å². The van der Waals surface area contributed by atoms with Crippen molar-refractivity contribution in [2.75, 3.05) is 6.61 Å². The quantitative estimate of drug-likeness (QED) is 0.573. The third kappa shape index (κ3) is 4.00. The highest BCUT2D eigenvalue weighted by molar-refractivity contribution is 5.96. The number of furan rings is 1. The van der Waals surface area contributed by atoms with Crippen LogP contribution >= 0.6 is 0 Å². The first-order valence-electron chi connectivity index (χ1n) is 8.33.